The smallest absolute Gasteiger partial charge is 0.0731 e. The van der Waals surface area contributed by atoms with E-state index >= 15 is 0 Å². The molecule has 0 aromatic carbocycles. The minimum absolute atomic E-state index is 0.0925. The lowest BCUT2D eigenvalue weighted by Crippen LogP contribution is -2.65. The van der Waals surface area contributed by atoms with Gasteiger partial charge in [0.15, 0.2) is 0 Å². The molecule has 1 aliphatic carbocycles. The van der Waals surface area contributed by atoms with E-state index in [1.54, 1.807) is 0 Å². The molecule has 3 unspecified atom stereocenters. The number of nitrogens with zero attached hydrogens (tertiary/aromatic N) is 1. The molecule has 4 heteroatoms. The Morgan fingerprint density at radius 2 is 2.18 bits per heavy atom. The van der Waals surface area contributed by atoms with Crippen molar-refractivity contribution in [1.82, 2.24) is 4.90 Å². The Labute approximate surface area is 103 Å². The molecule has 0 radical (unpaired) electrons. The molecule has 2 N–H and O–H groups in total. The summed E-state index contributed by atoms with van der Waals surface area (Å²) in [5.41, 5.74) is 6.18. The molecular formula is C13H24N2O2. The molecule has 3 aliphatic rings. The summed E-state index contributed by atoms with van der Waals surface area (Å²) < 4.78 is 11.6. The third kappa shape index (κ3) is 2.01. The van der Waals surface area contributed by atoms with Gasteiger partial charge >= 0.3 is 0 Å². The van der Waals surface area contributed by atoms with Gasteiger partial charge in [0.25, 0.3) is 0 Å². The average molecular weight is 240 g/mol. The summed E-state index contributed by atoms with van der Waals surface area (Å²) in [6.07, 6.45) is 6.58. The Kier molecular flexibility index (Phi) is 3.39. The van der Waals surface area contributed by atoms with Gasteiger partial charge in [-0.15, -0.1) is 0 Å². The van der Waals surface area contributed by atoms with Crippen LogP contribution in [0.25, 0.3) is 0 Å². The number of nitrogens with two attached hydrogens (primary N) is 1. The number of rotatable bonds is 2. The van der Waals surface area contributed by atoms with Crippen molar-refractivity contribution in [2.45, 2.75) is 49.8 Å². The van der Waals surface area contributed by atoms with Crippen LogP contribution in [0.15, 0.2) is 0 Å². The van der Waals surface area contributed by atoms with Gasteiger partial charge < -0.3 is 15.2 Å². The Morgan fingerprint density at radius 3 is 2.94 bits per heavy atom. The first kappa shape index (κ1) is 11.9. The SMILES string of the molecule is NCC1(N2CCOC3CCCC32)CCCOC1. The topological polar surface area (TPSA) is 47.7 Å². The highest BCUT2D eigenvalue weighted by Gasteiger charge is 2.46. The molecule has 3 atom stereocenters. The molecular weight excluding hydrogens is 216 g/mol. The Morgan fingerprint density at radius 1 is 1.24 bits per heavy atom. The largest absolute Gasteiger partial charge is 0.379 e. The van der Waals surface area contributed by atoms with Crippen molar-refractivity contribution in [3.05, 3.63) is 0 Å². The second-order valence-electron chi connectivity index (χ2n) is 5.69. The number of fused-ring (bicyclic) bond motifs is 1. The van der Waals surface area contributed by atoms with Gasteiger partial charge in [0, 0.05) is 25.7 Å². The molecule has 2 aliphatic heterocycles. The van der Waals surface area contributed by atoms with Crippen LogP contribution in [0, 0.1) is 0 Å². The first-order chi connectivity index (χ1) is 8.36. The molecule has 3 fully saturated rings. The summed E-state index contributed by atoms with van der Waals surface area (Å²) in [6.45, 7) is 4.33. The van der Waals surface area contributed by atoms with Gasteiger partial charge in [-0.05, 0) is 32.1 Å². The minimum Gasteiger partial charge on any atom is -0.379 e. The van der Waals surface area contributed by atoms with Gasteiger partial charge in [-0.2, -0.15) is 0 Å². The maximum atomic E-state index is 6.09. The predicted octanol–water partition coefficient (Wildman–Crippen LogP) is 0.748. The lowest BCUT2D eigenvalue weighted by Gasteiger charge is -2.51. The molecule has 0 amide bonds. The van der Waals surface area contributed by atoms with E-state index in [0.717, 1.165) is 39.3 Å². The van der Waals surface area contributed by atoms with E-state index in [9.17, 15) is 0 Å². The van der Waals surface area contributed by atoms with Crippen LogP contribution in [-0.4, -0.2) is 55.5 Å². The number of morpholine rings is 1. The Hall–Kier alpha value is -0.160. The molecule has 0 bridgehead atoms. The van der Waals surface area contributed by atoms with Crippen molar-refractivity contribution in [1.29, 1.82) is 0 Å². The third-order valence-electron chi connectivity index (χ3n) is 4.77. The van der Waals surface area contributed by atoms with Gasteiger partial charge in [-0.3, -0.25) is 4.90 Å². The lowest BCUT2D eigenvalue weighted by molar-refractivity contribution is -0.131. The van der Waals surface area contributed by atoms with Crippen molar-refractivity contribution in [3.63, 3.8) is 0 Å². The second-order valence-corrected chi connectivity index (χ2v) is 5.69. The van der Waals surface area contributed by atoms with Crippen LogP contribution in [0.2, 0.25) is 0 Å². The first-order valence-electron chi connectivity index (χ1n) is 7.02. The van der Waals surface area contributed by atoms with Crippen LogP contribution in [0.1, 0.15) is 32.1 Å². The monoisotopic (exact) mass is 240 g/mol. The summed E-state index contributed by atoms with van der Waals surface area (Å²) in [7, 11) is 0. The van der Waals surface area contributed by atoms with Crippen molar-refractivity contribution >= 4 is 0 Å². The maximum absolute atomic E-state index is 6.09. The quantitative estimate of drug-likeness (QED) is 0.773. The lowest BCUT2D eigenvalue weighted by atomic mass is 9.87. The van der Waals surface area contributed by atoms with Crippen LogP contribution in [0.5, 0.6) is 0 Å². The molecule has 2 heterocycles. The Balaban J connectivity index is 1.79. The summed E-state index contributed by atoms with van der Waals surface area (Å²) in [4.78, 5) is 2.63. The normalized spacial score (nSPS) is 43.6. The van der Waals surface area contributed by atoms with Gasteiger partial charge in [-0.25, -0.2) is 0 Å². The molecule has 4 nitrogen and oxygen atoms in total. The molecule has 17 heavy (non-hydrogen) atoms. The van der Waals surface area contributed by atoms with Crippen molar-refractivity contribution in [2.24, 2.45) is 5.73 Å². The molecule has 0 aromatic rings. The maximum Gasteiger partial charge on any atom is 0.0731 e. The molecule has 2 saturated heterocycles. The number of hydrogen-bond acceptors (Lipinski definition) is 4. The fourth-order valence-electron chi connectivity index (χ4n) is 3.86. The van der Waals surface area contributed by atoms with E-state index in [2.05, 4.69) is 4.90 Å². The molecule has 98 valence electrons. The highest BCUT2D eigenvalue weighted by molar-refractivity contribution is 5.01. The van der Waals surface area contributed by atoms with Crippen LogP contribution >= 0.6 is 0 Å². The van der Waals surface area contributed by atoms with Gasteiger partial charge in [0.2, 0.25) is 0 Å². The second kappa shape index (κ2) is 4.84. The number of hydrogen-bond donors (Lipinski definition) is 1. The van der Waals surface area contributed by atoms with E-state index < -0.39 is 0 Å². The zero-order valence-electron chi connectivity index (χ0n) is 10.6. The van der Waals surface area contributed by atoms with Gasteiger partial charge in [-0.1, -0.05) is 0 Å². The van der Waals surface area contributed by atoms with Crippen molar-refractivity contribution < 1.29 is 9.47 Å². The van der Waals surface area contributed by atoms with Gasteiger partial charge in [0.1, 0.15) is 0 Å². The summed E-state index contributed by atoms with van der Waals surface area (Å²) in [5, 5.41) is 0. The molecule has 0 aromatic heterocycles. The predicted molar refractivity (Wildman–Crippen MR) is 65.9 cm³/mol. The standard InChI is InChI=1S/C13H24N2O2/c14-9-13(5-2-7-16-10-13)15-6-8-17-12-4-1-3-11(12)15/h11-12H,1-10,14H2. The molecule has 3 rings (SSSR count). The average Bonchev–Trinajstić information content (AvgIpc) is 2.87. The fourth-order valence-corrected chi connectivity index (χ4v) is 3.86. The molecule has 1 saturated carbocycles. The minimum atomic E-state index is 0.0925. The van der Waals surface area contributed by atoms with Crippen LogP contribution in [0.4, 0.5) is 0 Å². The number of ether oxygens (including phenoxy) is 2. The summed E-state index contributed by atoms with van der Waals surface area (Å²) >= 11 is 0. The highest BCUT2D eigenvalue weighted by Crippen LogP contribution is 2.37. The summed E-state index contributed by atoms with van der Waals surface area (Å²) in [5.74, 6) is 0. The highest BCUT2D eigenvalue weighted by atomic mass is 16.5. The van der Waals surface area contributed by atoms with E-state index in [1.165, 1.54) is 25.7 Å². The van der Waals surface area contributed by atoms with Crippen LogP contribution < -0.4 is 5.73 Å². The zero-order valence-corrected chi connectivity index (χ0v) is 10.6. The third-order valence-corrected chi connectivity index (χ3v) is 4.77. The van der Waals surface area contributed by atoms with Crippen molar-refractivity contribution in [2.75, 3.05) is 32.9 Å². The van der Waals surface area contributed by atoms with E-state index in [0.29, 0.717) is 12.1 Å². The molecule has 0 spiro atoms. The summed E-state index contributed by atoms with van der Waals surface area (Å²) in [6, 6.07) is 0.592. The van der Waals surface area contributed by atoms with Crippen molar-refractivity contribution in [3.8, 4) is 0 Å². The van der Waals surface area contributed by atoms with Gasteiger partial charge in [0.05, 0.1) is 24.9 Å². The van der Waals surface area contributed by atoms with E-state index in [1.807, 2.05) is 0 Å². The van der Waals surface area contributed by atoms with Crippen LogP contribution in [-0.2, 0) is 9.47 Å². The van der Waals surface area contributed by atoms with E-state index in [-0.39, 0.29) is 5.54 Å². The zero-order chi connectivity index (χ0) is 11.7. The Bertz CT molecular complexity index is 266. The first-order valence-corrected chi connectivity index (χ1v) is 7.02. The fraction of sp³-hybridized carbons (Fsp3) is 1.00. The van der Waals surface area contributed by atoms with Crippen LogP contribution in [0.3, 0.4) is 0 Å². The van der Waals surface area contributed by atoms with E-state index in [4.69, 9.17) is 15.2 Å².